The first-order chi connectivity index (χ1) is 8.93. The molecule has 2 aromatic rings. The second kappa shape index (κ2) is 5.05. The number of hydrogen-bond donors (Lipinski definition) is 0. The van der Waals surface area contributed by atoms with Gasteiger partial charge in [-0.25, -0.2) is 0 Å². The highest BCUT2D eigenvalue weighted by atomic mass is 16.5. The van der Waals surface area contributed by atoms with Gasteiger partial charge in [0.2, 0.25) is 0 Å². The molecule has 0 atom stereocenters. The van der Waals surface area contributed by atoms with Gasteiger partial charge in [0.1, 0.15) is 5.75 Å². The van der Waals surface area contributed by atoms with Crippen LogP contribution in [0.2, 0.25) is 0 Å². The molecule has 0 amide bonds. The molecule has 2 aromatic carbocycles. The average Bonchev–Trinajstić information content (AvgIpc) is 2.46. The van der Waals surface area contributed by atoms with Crippen molar-refractivity contribution >= 4 is 5.71 Å². The van der Waals surface area contributed by atoms with Crippen LogP contribution in [0.1, 0.15) is 17.5 Å². The van der Waals surface area contributed by atoms with Gasteiger partial charge in [0.05, 0.1) is 13.2 Å². The molecule has 0 saturated heterocycles. The van der Waals surface area contributed by atoms with E-state index in [1.54, 1.807) is 0 Å². The van der Waals surface area contributed by atoms with Gasteiger partial charge in [-0.1, -0.05) is 42.5 Å². The fourth-order valence-corrected chi connectivity index (χ4v) is 2.16. The number of hydrogen-bond acceptors (Lipinski definition) is 2. The zero-order valence-corrected chi connectivity index (χ0v) is 10.2. The first kappa shape index (κ1) is 11.0. The highest BCUT2D eigenvalue weighted by Crippen LogP contribution is 2.24. The summed E-state index contributed by atoms with van der Waals surface area (Å²) in [6.45, 7) is 1.47. The van der Waals surface area contributed by atoms with Crippen molar-refractivity contribution in [2.45, 2.75) is 13.0 Å². The summed E-state index contributed by atoms with van der Waals surface area (Å²) in [5, 5.41) is 0. The maximum Gasteiger partial charge on any atom is 0.128 e. The fraction of sp³-hybridized carbons (Fsp3) is 0.188. The van der Waals surface area contributed by atoms with Crippen molar-refractivity contribution < 1.29 is 4.74 Å². The summed E-state index contributed by atoms with van der Waals surface area (Å²) in [5.41, 5.74) is 3.54. The van der Waals surface area contributed by atoms with E-state index in [4.69, 9.17) is 9.73 Å². The summed E-state index contributed by atoms with van der Waals surface area (Å²) in [4.78, 5) is 4.73. The zero-order chi connectivity index (χ0) is 12.2. The summed E-state index contributed by atoms with van der Waals surface area (Å²) in [6, 6.07) is 18.5. The first-order valence-corrected chi connectivity index (χ1v) is 6.23. The Balaban J connectivity index is 1.85. The maximum atomic E-state index is 5.62. The van der Waals surface area contributed by atoms with Crippen LogP contribution >= 0.6 is 0 Å². The van der Waals surface area contributed by atoms with Crippen molar-refractivity contribution in [1.29, 1.82) is 0 Å². The normalized spacial score (nSPS) is 16.1. The van der Waals surface area contributed by atoms with E-state index in [0.29, 0.717) is 0 Å². The monoisotopic (exact) mass is 237 g/mol. The number of ether oxygens (including phenoxy) is 1. The molecule has 0 unspecified atom stereocenters. The molecule has 1 aliphatic rings. The van der Waals surface area contributed by atoms with E-state index in [2.05, 4.69) is 18.2 Å². The van der Waals surface area contributed by atoms with E-state index in [9.17, 15) is 0 Å². The lowest BCUT2D eigenvalue weighted by atomic mass is 10.0. The Morgan fingerprint density at radius 2 is 1.72 bits per heavy atom. The molecule has 1 aliphatic heterocycles. The third kappa shape index (κ3) is 2.28. The highest BCUT2D eigenvalue weighted by molar-refractivity contribution is 6.03. The van der Waals surface area contributed by atoms with Crippen LogP contribution in [-0.4, -0.2) is 12.3 Å². The molecule has 1 heterocycles. The molecular formula is C16H15NO. The number of para-hydroxylation sites is 1. The van der Waals surface area contributed by atoms with Gasteiger partial charge in [-0.05, 0) is 17.7 Å². The molecule has 0 aliphatic carbocycles. The Hall–Kier alpha value is -2.09. The molecule has 2 heteroatoms. The minimum absolute atomic E-state index is 0.727. The SMILES string of the molecule is c1ccc(CN=C2CCOc3ccccc32)cc1. The van der Waals surface area contributed by atoms with E-state index in [0.717, 1.165) is 36.6 Å². The van der Waals surface area contributed by atoms with Gasteiger partial charge < -0.3 is 4.74 Å². The Kier molecular flexibility index (Phi) is 3.09. The standard InChI is InChI=1S/C16H15NO/c1-2-6-13(7-3-1)12-17-15-10-11-18-16-9-5-4-8-14(15)16/h1-9H,10-12H2. The quantitative estimate of drug-likeness (QED) is 0.783. The van der Waals surface area contributed by atoms with Crippen molar-refractivity contribution in [3.63, 3.8) is 0 Å². The van der Waals surface area contributed by atoms with Crippen molar-refractivity contribution in [3.8, 4) is 5.75 Å². The second-order valence-electron chi connectivity index (χ2n) is 4.34. The average molecular weight is 237 g/mol. The van der Waals surface area contributed by atoms with Gasteiger partial charge in [-0.15, -0.1) is 0 Å². The summed E-state index contributed by atoms with van der Waals surface area (Å²) >= 11 is 0. The van der Waals surface area contributed by atoms with Gasteiger partial charge in [0.25, 0.3) is 0 Å². The van der Waals surface area contributed by atoms with Gasteiger partial charge in [0.15, 0.2) is 0 Å². The zero-order valence-electron chi connectivity index (χ0n) is 10.2. The topological polar surface area (TPSA) is 21.6 Å². The molecule has 0 bridgehead atoms. The van der Waals surface area contributed by atoms with Crippen molar-refractivity contribution in [1.82, 2.24) is 0 Å². The van der Waals surface area contributed by atoms with Crippen LogP contribution in [0.15, 0.2) is 59.6 Å². The van der Waals surface area contributed by atoms with Gasteiger partial charge in [-0.3, -0.25) is 4.99 Å². The fourth-order valence-electron chi connectivity index (χ4n) is 2.16. The van der Waals surface area contributed by atoms with Crippen molar-refractivity contribution in [3.05, 3.63) is 65.7 Å². The van der Waals surface area contributed by atoms with Gasteiger partial charge in [0, 0.05) is 17.7 Å². The number of nitrogens with zero attached hydrogens (tertiary/aromatic N) is 1. The lowest BCUT2D eigenvalue weighted by Gasteiger charge is -2.18. The van der Waals surface area contributed by atoms with Crippen LogP contribution < -0.4 is 4.74 Å². The van der Waals surface area contributed by atoms with Crippen LogP contribution in [0.3, 0.4) is 0 Å². The molecular weight excluding hydrogens is 222 g/mol. The lowest BCUT2D eigenvalue weighted by molar-refractivity contribution is 0.320. The van der Waals surface area contributed by atoms with E-state index in [1.807, 2.05) is 36.4 Å². The Bertz CT molecular complexity index is 560. The molecule has 0 N–H and O–H groups in total. The van der Waals surface area contributed by atoms with Gasteiger partial charge >= 0.3 is 0 Å². The largest absolute Gasteiger partial charge is 0.492 e. The second-order valence-corrected chi connectivity index (χ2v) is 4.34. The molecule has 18 heavy (non-hydrogen) atoms. The summed E-state index contributed by atoms with van der Waals surface area (Å²) in [5.74, 6) is 0.954. The number of fused-ring (bicyclic) bond motifs is 1. The first-order valence-electron chi connectivity index (χ1n) is 6.23. The van der Waals surface area contributed by atoms with Crippen LogP contribution in [0.25, 0.3) is 0 Å². The predicted molar refractivity (Wildman–Crippen MR) is 73.2 cm³/mol. The minimum atomic E-state index is 0.727. The minimum Gasteiger partial charge on any atom is -0.492 e. The molecule has 0 fully saturated rings. The highest BCUT2D eigenvalue weighted by Gasteiger charge is 2.15. The molecule has 0 radical (unpaired) electrons. The third-order valence-electron chi connectivity index (χ3n) is 3.09. The van der Waals surface area contributed by atoms with Crippen molar-refractivity contribution in [2.75, 3.05) is 6.61 Å². The number of aliphatic imine (C=N–C) groups is 1. The van der Waals surface area contributed by atoms with Gasteiger partial charge in [-0.2, -0.15) is 0 Å². The molecule has 0 saturated carbocycles. The predicted octanol–water partition coefficient (Wildman–Crippen LogP) is 3.46. The molecule has 90 valence electrons. The smallest absolute Gasteiger partial charge is 0.128 e. The van der Waals surface area contributed by atoms with E-state index in [1.165, 1.54) is 5.56 Å². The molecule has 2 nitrogen and oxygen atoms in total. The van der Waals surface area contributed by atoms with E-state index >= 15 is 0 Å². The van der Waals surface area contributed by atoms with E-state index < -0.39 is 0 Å². The third-order valence-corrected chi connectivity index (χ3v) is 3.09. The summed E-state index contributed by atoms with van der Waals surface area (Å²) in [7, 11) is 0. The summed E-state index contributed by atoms with van der Waals surface area (Å²) < 4.78 is 5.62. The number of benzene rings is 2. The van der Waals surface area contributed by atoms with Crippen LogP contribution in [0.4, 0.5) is 0 Å². The van der Waals surface area contributed by atoms with Crippen molar-refractivity contribution in [2.24, 2.45) is 4.99 Å². The Morgan fingerprint density at radius 3 is 2.61 bits per heavy atom. The molecule has 3 rings (SSSR count). The Labute approximate surface area is 107 Å². The Morgan fingerprint density at radius 1 is 0.944 bits per heavy atom. The molecule has 0 aromatic heterocycles. The van der Waals surface area contributed by atoms with Crippen LogP contribution in [-0.2, 0) is 6.54 Å². The maximum absolute atomic E-state index is 5.62. The van der Waals surface area contributed by atoms with Crippen LogP contribution in [0, 0.1) is 0 Å². The summed E-state index contributed by atoms with van der Waals surface area (Å²) in [6.07, 6.45) is 0.893. The molecule has 0 spiro atoms. The number of rotatable bonds is 2. The van der Waals surface area contributed by atoms with E-state index in [-0.39, 0.29) is 0 Å². The lowest BCUT2D eigenvalue weighted by Crippen LogP contribution is -2.16. The van der Waals surface area contributed by atoms with Crippen LogP contribution in [0.5, 0.6) is 5.75 Å².